The number of Topliss-reactive ketones (excluding diaryl/α,β-unsaturated/α-hetero) is 1. The van der Waals surface area contributed by atoms with Crippen molar-refractivity contribution in [1.29, 1.82) is 0 Å². The number of carbonyl (C=O) groups is 1. The van der Waals surface area contributed by atoms with E-state index in [0.29, 0.717) is 28.4 Å². The lowest BCUT2D eigenvalue weighted by atomic mass is 9.98. The highest BCUT2D eigenvalue weighted by Gasteiger charge is 2.26. The summed E-state index contributed by atoms with van der Waals surface area (Å²) in [6, 6.07) is 15.6. The van der Waals surface area contributed by atoms with Crippen LogP contribution < -0.4 is 5.56 Å². The molecule has 2 aromatic carbocycles. The molecule has 150 valence electrons. The highest BCUT2D eigenvalue weighted by Crippen LogP contribution is 2.32. The molecule has 0 unspecified atom stereocenters. The minimum Gasteiger partial charge on any atom is -0.298 e. The van der Waals surface area contributed by atoms with Crippen LogP contribution in [0.3, 0.4) is 0 Å². The van der Waals surface area contributed by atoms with E-state index in [4.69, 9.17) is 4.98 Å². The highest BCUT2D eigenvalue weighted by molar-refractivity contribution is 8.00. The molecule has 1 heterocycles. The van der Waals surface area contributed by atoms with E-state index >= 15 is 0 Å². The van der Waals surface area contributed by atoms with Crippen molar-refractivity contribution in [3.8, 4) is 5.69 Å². The Labute approximate surface area is 175 Å². The van der Waals surface area contributed by atoms with Crippen LogP contribution in [0.4, 0.5) is 0 Å². The lowest BCUT2D eigenvalue weighted by molar-refractivity contribution is -0.119. The zero-order valence-corrected chi connectivity index (χ0v) is 17.7. The van der Waals surface area contributed by atoms with Crippen LogP contribution in [0.1, 0.15) is 57.4 Å². The maximum Gasteiger partial charge on any atom is 0.266 e. The largest absolute Gasteiger partial charge is 0.298 e. The smallest absolute Gasteiger partial charge is 0.266 e. The zero-order chi connectivity index (χ0) is 20.4. The second-order valence-electron chi connectivity index (χ2n) is 7.77. The van der Waals surface area contributed by atoms with E-state index in [0.717, 1.165) is 31.4 Å². The highest BCUT2D eigenvalue weighted by atomic mass is 32.2. The van der Waals surface area contributed by atoms with Gasteiger partial charge in [0, 0.05) is 6.42 Å². The fraction of sp³-hybridized carbons (Fsp3) is 0.375. The normalized spacial score (nSPS) is 18.1. The molecule has 1 saturated carbocycles. The molecule has 4 nitrogen and oxygen atoms in total. The Morgan fingerprint density at radius 3 is 2.59 bits per heavy atom. The molecule has 0 N–H and O–H groups in total. The quantitative estimate of drug-likeness (QED) is 0.525. The van der Waals surface area contributed by atoms with Gasteiger partial charge in [0.2, 0.25) is 0 Å². The molecule has 0 bridgehead atoms. The number of hydrogen-bond donors (Lipinski definition) is 0. The minimum absolute atomic E-state index is 0.0855. The maximum atomic E-state index is 13.4. The first-order valence-corrected chi connectivity index (χ1v) is 11.3. The van der Waals surface area contributed by atoms with Crippen LogP contribution in [-0.4, -0.2) is 20.6 Å². The molecule has 1 aliphatic carbocycles. The van der Waals surface area contributed by atoms with Crippen molar-refractivity contribution in [3.63, 3.8) is 0 Å². The van der Waals surface area contributed by atoms with Gasteiger partial charge in [0.25, 0.3) is 5.56 Å². The molecule has 0 aliphatic heterocycles. The maximum absolute atomic E-state index is 13.4. The summed E-state index contributed by atoms with van der Waals surface area (Å²) in [6.07, 6.45) is 4.55. The molecule has 2 atom stereocenters. The Morgan fingerprint density at radius 1 is 1.10 bits per heavy atom. The number of aromatic nitrogens is 2. The number of carbonyl (C=O) groups excluding carboxylic acids is 1. The lowest BCUT2D eigenvalue weighted by Gasteiger charge is -2.21. The number of ketones is 1. The van der Waals surface area contributed by atoms with Crippen molar-refractivity contribution in [2.24, 2.45) is 0 Å². The van der Waals surface area contributed by atoms with Gasteiger partial charge in [-0.1, -0.05) is 56.3 Å². The van der Waals surface area contributed by atoms with Crippen LogP contribution >= 0.6 is 11.8 Å². The molecule has 0 spiro atoms. The van der Waals surface area contributed by atoms with Crippen LogP contribution in [0.15, 0.2) is 58.5 Å². The summed E-state index contributed by atoms with van der Waals surface area (Å²) in [6.45, 7) is 4.38. The average molecular weight is 407 g/mol. The van der Waals surface area contributed by atoms with Gasteiger partial charge in [-0.15, -0.1) is 0 Å². The van der Waals surface area contributed by atoms with Crippen molar-refractivity contribution in [3.05, 3.63) is 64.4 Å². The Morgan fingerprint density at radius 2 is 1.86 bits per heavy atom. The molecular weight excluding hydrogens is 380 g/mol. The van der Waals surface area contributed by atoms with Gasteiger partial charge in [-0.25, -0.2) is 4.98 Å². The third-order valence-electron chi connectivity index (χ3n) is 5.82. The van der Waals surface area contributed by atoms with Crippen molar-refractivity contribution >= 4 is 28.4 Å². The van der Waals surface area contributed by atoms with Gasteiger partial charge < -0.3 is 0 Å². The van der Waals surface area contributed by atoms with Gasteiger partial charge in [0.15, 0.2) is 5.16 Å². The summed E-state index contributed by atoms with van der Waals surface area (Å²) in [4.78, 5) is 30.6. The van der Waals surface area contributed by atoms with E-state index in [1.54, 1.807) is 4.57 Å². The fourth-order valence-corrected chi connectivity index (χ4v) is 5.04. The zero-order valence-electron chi connectivity index (χ0n) is 16.9. The number of rotatable bonds is 5. The van der Waals surface area contributed by atoms with Gasteiger partial charge in [-0.05, 0) is 55.0 Å². The molecule has 1 aromatic heterocycles. The molecule has 4 rings (SSSR count). The third-order valence-corrected chi connectivity index (χ3v) is 7.09. The van der Waals surface area contributed by atoms with Gasteiger partial charge in [-0.2, -0.15) is 0 Å². The van der Waals surface area contributed by atoms with Crippen molar-refractivity contribution in [1.82, 2.24) is 9.55 Å². The van der Waals surface area contributed by atoms with E-state index < -0.39 is 0 Å². The van der Waals surface area contributed by atoms with Gasteiger partial charge in [0.05, 0.1) is 21.8 Å². The van der Waals surface area contributed by atoms with Crippen LogP contribution in [0.2, 0.25) is 0 Å². The van der Waals surface area contributed by atoms with E-state index in [1.807, 2.05) is 36.4 Å². The summed E-state index contributed by atoms with van der Waals surface area (Å²) < 4.78 is 1.68. The van der Waals surface area contributed by atoms with Crippen molar-refractivity contribution in [2.75, 3.05) is 0 Å². The SMILES string of the molecule is CC[C@@H](C)c1ccc(-n2c(S[C@H]3CCCCC3=O)nc3ccccc3c2=O)cc1. The molecule has 3 aromatic rings. The number of para-hydroxylation sites is 1. The molecule has 0 saturated heterocycles. The van der Waals surface area contributed by atoms with E-state index in [-0.39, 0.29) is 16.6 Å². The van der Waals surface area contributed by atoms with Crippen LogP contribution in [0.25, 0.3) is 16.6 Å². The second kappa shape index (κ2) is 8.54. The number of hydrogen-bond acceptors (Lipinski definition) is 4. The number of nitrogens with zero attached hydrogens (tertiary/aromatic N) is 2. The van der Waals surface area contributed by atoms with Crippen LogP contribution in [0.5, 0.6) is 0 Å². The molecule has 0 amide bonds. The molecule has 29 heavy (non-hydrogen) atoms. The van der Waals surface area contributed by atoms with Gasteiger partial charge in [0.1, 0.15) is 5.78 Å². The Hall–Kier alpha value is -2.40. The van der Waals surface area contributed by atoms with E-state index in [9.17, 15) is 9.59 Å². The summed E-state index contributed by atoms with van der Waals surface area (Å²) in [5, 5.41) is 1.07. The Balaban J connectivity index is 1.83. The first kappa shape index (κ1) is 19.9. The van der Waals surface area contributed by atoms with Gasteiger partial charge >= 0.3 is 0 Å². The monoisotopic (exact) mass is 406 g/mol. The Kier molecular flexibility index (Phi) is 5.86. The topological polar surface area (TPSA) is 52.0 Å². The third kappa shape index (κ3) is 4.01. The van der Waals surface area contributed by atoms with Crippen molar-refractivity contribution < 1.29 is 4.79 Å². The number of thioether (sulfide) groups is 1. The summed E-state index contributed by atoms with van der Waals surface area (Å²) in [7, 11) is 0. The van der Waals surface area contributed by atoms with Crippen LogP contribution in [0, 0.1) is 0 Å². The number of benzene rings is 2. The minimum atomic E-state index is -0.123. The fourth-order valence-electron chi connectivity index (χ4n) is 3.81. The molecule has 0 radical (unpaired) electrons. The molecule has 1 fully saturated rings. The first-order valence-electron chi connectivity index (χ1n) is 10.4. The van der Waals surface area contributed by atoms with E-state index in [1.165, 1.54) is 17.3 Å². The van der Waals surface area contributed by atoms with Crippen molar-refractivity contribution in [2.45, 2.75) is 62.3 Å². The predicted molar refractivity (Wildman–Crippen MR) is 119 cm³/mol. The lowest BCUT2D eigenvalue weighted by Crippen LogP contribution is -2.26. The molecule has 5 heteroatoms. The average Bonchev–Trinajstić information content (AvgIpc) is 2.75. The van der Waals surface area contributed by atoms with Gasteiger partial charge in [-0.3, -0.25) is 14.2 Å². The van der Waals surface area contributed by atoms with E-state index in [2.05, 4.69) is 26.0 Å². The first-order chi connectivity index (χ1) is 14.1. The molecule has 1 aliphatic rings. The van der Waals surface area contributed by atoms with Crippen LogP contribution in [-0.2, 0) is 4.79 Å². The summed E-state index contributed by atoms with van der Waals surface area (Å²) in [5.74, 6) is 0.742. The summed E-state index contributed by atoms with van der Waals surface area (Å²) >= 11 is 1.44. The molecular formula is C24H26N2O2S. The standard InChI is InChI=1S/C24H26N2O2S/c1-3-16(2)17-12-14-18(15-13-17)26-23(28)19-8-4-5-9-20(19)25-24(26)29-22-11-7-6-10-21(22)27/h4-5,8-9,12-16,22H,3,6-7,10-11H2,1-2H3/t16-,22+/m1/s1. The predicted octanol–water partition coefficient (Wildman–Crippen LogP) is 5.50. The number of fused-ring (bicyclic) bond motifs is 1. The summed E-state index contributed by atoms with van der Waals surface area (Å²) in [5.41, 5.74) is 2.65. The Bertz CT molecular complexity index is 1090. The second-order valence-corrected chi connectivity index (χ2v) is 8.94.